The molecule has 104 valence electrons. The number of aryl methyl sites for hydroxylation is 1. The van der Waals surface area contributed by atoms with Crippen LogP contribution in [0.1, 0.15) is 31.5 Å². The summed E-state index contributed by atoms with van der Waals surface area (Å²) in [6, 6.07) is 12.5. The third-order valence-corrected chi connectivity index (χ3v) is 3.82. The Labute approximate surface area is 120 Å². The number of hydrogen-bond donors (Lipinski definition) is 0. The van der Waals surface area contributed by atoms with Crippen molar-refractivity contribution in [3.05, 3.63) is 42.2 Å². The van der Waals surface area contributed by atoms with Crippen LogP contribution in [0.5, 0.6) is 0 Å². The van der Waals surface area contributed by atoms with Gasteiger partial charge in [-0.05, 0) is 19.8 Å². The van der Waals surface area contributed by atoms with Crippen molar-refractivity contribution < 1.29 is 0 Å². The van der Waals surface area contributed by atoms with Crippen LogP contribution in [0.2, 0.25) is 0 Å². The molecule has 2 heterocycles. The average molecular weight is 267 g/mol. The van der Waals surface area contributed by atoms with Crippen LogP contribution < -0.4 is 4.90 Å². The minimum Gasteiger partial charge on any atom is -0.356 e. The Hall–Kier alpha value is -1.90. The summed E-state index contributed by atoms with van der Waals surface area (Å²) in [5.74, 6) is 1.93. The fourth-order valence-corrected chi connectivity index (χ4v) is 2.77. The summed E-state index contributed by atoms with van der Waals surface area (Å²) in [5, 5.41) is 0. The van der Waals surface area contributed by atoms with E-state index in [4.69, 9.17) is 0 Å². The third kappa shape index (κ3) is 2.98. The summed E-state index contributed by atoms with van der Waals surface area (Å²) >= 11 is 0. The van der Waals surface area contributed by atoms with Gasteiger partial charge in [0.1, 0.15) is 11.6 Å². The molecule has 1 saturated heterocycles. The lowest BCUT2D eigenvalue weighted by molar-refractivity contribution is 0.726. The lowest BCUT2D eigenvalue weighted by Gasteiger charge is -2.22. The molecule has 1 fully saturated rings. The van der Waals surface area contributed by atoms with Gasteiger partial charge in [-0.25, -0.2) is 9.97 Å². The van der Waals surface area contributed by atoms with Crippen molar-refractivity contribution in [3.8, 4) is 11.3 Å². The summed E-state index contributed by atoms with van der Waals surface area (Å²) in [7, 11) is 0. The second kappa shape index (κ2) is 6.04. The molecule has 0 spiro atoms. The van der Waals surface area contributed by atoms with E-state index in [9.17, 15) is 0 Å². The fraction of sp³-hybridized carbons (Fsp3) is 0.412. The Balaban J connectivity index is 1.94. The van der Waals surface area contributed by atoms with E-state index in [-0.39, 0.29) is 0 Å². The Kier molecular flexibility index (Phi) is 3.95. The van der Waals surface area contributed by atoms with Gasteiger partial charge in [-0.1, -0.05) is 43.2 Å². The van der Waals surface area contributed by atoms with Gasteiger partial charge in [-0.2, -0.15) is 0 Å². The molecular weight excluding hydrogens is 246 g/mol. The molecule has 1 aliphatic heterocycles. The number of hydrogen-bond acceptors (Lipinski definition) is 3. The van der Waals surface area contributed by atoms with Gasteiger partial charge in [0.05, 0.1) is 5.69 Å². The summed E-state index contributed by atoms with van der Waals surface area (Å²) in [6.07, 6.45) is 5.21. The molecule has 0 saturated carbocycles. The number of nitrogens with zero attached hydrogens (tertiary/aromatic N) is 3. The zero-order valence-electron chi connectivity index (χ0n) is 12.0. The van der Waals surface area contributed by atoms with E-state index in [1.807, 2.05) is 13.0 Å². The van der Waals surface area contributed by atoms with Gasteiger partial charge in [0.25, 0.3) is 0 Å². The van der Waals surface area contributed by atoms with Crippen molar-refractivity contribution >= 4 is 5.82 Å². The number of anilines is 1. The van der Waals surface area contributed by atoms with Gasteiger partial charge in [0.15, 0.2) is 0 Å². The lowest BCUT2D eigenvalue weighted by Crippen LogP contribution is -2.25. The molecule has 0 bridgehead atoms. The molecule has 0 radical (unpaired) electrons. The molecule has 0 unspecified atom stereocenters. The highest BCUT2D eigenvalue weighted by Crippen LogP contribution is 2.23. The molecule has 20 heavy (non-hydrogen) atoms. The Morgan fingerprint density at radius 3 is 2.30 bits per heavy atom. The Bertz CT molecular complexity index is 558. The maximum Gasteiger partial charge on any atom is 0.132 e. The molecule has 0 atom stereocenters. The van der Waals surface area contributed by atoms with E-state index >= 15 is 0 Å². The molecule has 3 nitrogen and oxygen atoms in total. The Morgan fingerprint density at radius 2 is 1.60 bits per heavy atom. The second-order valence-corrected chi connectivity index (χ2v) is 5.43. The van der Waals surface area contributed by atoms with Gasteiger partial charge in [0, 0.05) is 24.7 Å². The summed E-state index contributed by atoms with van der Waals surface area (Å²) in [6.45, 7) is 4.21. The maximum absolute atomic E-state index is 4.64. The lowest BCUT2D eigenvalue weighted by atomic mass is 10.1. The monoisotopic (exact) mass is 267 g/mol. The first-order valence-electron chi connectivity index (χ1n) is 7.49. The van der Waals surface area contributed by atoms with E-state index in [0.29, 0.717) is 0 Å². The van der Waals surface area contributed by atoms with Crippen LogP contribution in [0.15, 0.2) is 36.4 Å². The van der Waals surface area contributed by atoms with Crippen LogP contribution in [0.25, 0.3) is 11.3 Å². The van der Waals surface area contributed by atoms with Gasteiger partial charge in [-0.3, -0.25) is 0 Å². The van der Waals surface area contributed by atoms with Crippen LogP contribution in [0.3, 0.4) is 0 Å². The number of aromatic nitrogens is 2. The molecule has 1 aromatic carbocycles. The van der Waals surface area contributed by atoms with Crippen LogP contribution >= 0.6 is 0 Å². The van der Waals surface area contributed by atoms with Crippen LogP contribution in [0.4, 0.5) is 5.82 Å². The van der Waals surface area contributed by atoms with Gasteiger partial charge in [-0.15, -0.1) is 0 Å². The van der Waals surface area contributed by atoms with Crippen LogP contribution in [0, 0.1) is 6.92 Å². The van der Waals surface area contributed by atoms with E-state index < -0.39 is 0 Å². The SMILES string of the molecule is Cc1nc(-c2ccccc2)cc(N2CCCCCC2)n1. The first kappa shape index (κ1) is 13.1. The Morgan fingerprint density at radius 1 is 0.900 bits per heavy atom. The van der Waals surface area contributed by atoms with E-state index in [2.05, 4.69) is 45.2 Å². The highest BCUT2D eigenvalue weighted by molar-refractivity contribution is 5.62. The van der Waals surface area contributed by atoms with E-state index in [1.54, 1.807) is 0 Å². The zero-order chi connectivity index (χ0) is 13.8. The fourth-order valence-electron chi connectivity index (χ4n) is 2.77. The van der Waals surface area contributed by atoms with Crippen LogP contribution in [-0.2, 0) is 0 Å². The minimum atomic E-state index is 0.852. The van der Waals surface area contributed by atoms with Crippen LogP contribution in [-0.4, -0.2) is 23.1 Å². The molecule has 0 N–H and O–H groups in total. The average Bonchev–Trinajstić information content (AvgIpc) is 2.77. The first-order chi connectivity index (χ1) is 9.83. The molecule has 2 aromatic rings. The smallest absolute Gasteiger partial charge is 0.132 e. The first-order valence-corrected chi connectivity index (χ1v) is 7.49. The quantitative estimate of drug-likeness (QED) is 0.828. The van der Waals surface area contributed by atoms with Crippen molar-refractivity contribution in [3.63, 3.8) is 0 Å². The van der Waals surface area contributed by atoms with E-state index in [1.165, 1.54) is 25.7 Å². The van der Waals surface area contributed by atoms with Crippen molar-refractivity contribution in [1.29, 1.82) is 0 Å². The zero-order valence-corrected chi connectivity index (χ0v) is 12.0. The van der Waals surface area contributed by atoms with Gasteiger partial charge in [0.2, 0.25) is 0 Å². The molecule has 1 aromatic heterocycles. The van der Waals surface area contributed by atoms with Gasteiger partial charge >= 0.3 is 0 Å². The highest BCUT2D eigenvalue weighted by atomic mass is 15.2. The maximum atomic E-state index is 4.64. The van der Waals surface area contributed by atoms with Crippen molar-refractivity contribution in [2.45, 2.75) is 32.6 Å². The van der Waals surface area contributed by atoms with Crippen molar-refractivity contribution in [2.75, 3.05) is 18.0 Å². The molecular formula is C17H21N3. The molecule has 0 amide bonds. The summed E-state index contributed by atoms with van der Waals surface area (Å²) in [5.41, 5.74) is 2.19. The minimum absolute atomic E-state index is 0.852. The normalized spacial score (nSPS) is 15.9. The van der Waals surface area contributed by atoms with Crippen molar-refractivity contribution in [1.82, 2.24) is 9.97 Å². The second-order valence-electron chi connectivity index (χ2n) is 5.43. The predicted molar refractivity (Wildman–Crippen MR) is 82.9 cm³/mol. The molecule has 1 aliphatic rings. The topological polar surface area (TPSA) is 29.0 Å². The molecule has 3 rings (SSSR count). The number of benzene rings is 1. The largest absolute Gasteiger partial charge is 0.356 e. The molecule has 0 aliphatic carbocycles. The van der Waals surface area contributed by atoms with Gasteiger partial charge < -0.3 is 4.90 Å². The van der Waals surface area contributed by atoms with Crippen molar-refractivity contribution in [2.24, 2.45) is 0 Å². The summed E-state index contributed by atoms with van der Waals surface area (Å²) in [4.78, 5) is 11.6. The number of rotatable bonds is 2. The summed E-state index contributed by atoms with van der Waals surface area (Å²) < 4.78 is 0. The molecule has 3 heteroatoms. The predicted octanol–water partition coefficient (Wildman–Crippen LogP) is 3.83. The van der Waals surface area contributed by atoms with E-state index in [0.717, 1.165) is 36.0 Å². The standard InChI is InChI=1S/C17H21N3/c1-14-18-16(15-9-5-4-6-10-15)13-17(19-14)20-11-7-2-3-8-12-20/h4-6,9-10,13H,2-3,7-8,11-12H2,1H3. The third-order valence-electron chi connectivity index (χ3n) is 3.82. The highest BCUT2D eigenvalue weighted by Gasteiger charge is 2.13.